The summed E-state index contributed by atoms with van der Waals surface area (Å²) in [4.78, 5) is 2.52. The van der Waals surface area contributed by atoms with Gasteiger partial charge in [0.2, 0.25) is 0 Å². The molecule has 4 nitrogen and oxygen atoms in total. The molecule has 2 atom stereocenters. The number of rotatable bonds is 9. The Labute approximate surface area is 118 Å². The van der Waals surface area contributed by atoms with E-state index in [4.69, 9.17) is 9.47 Å². The monoisotopic (exact) mass is 272 g/mol. The minimum absolute atomic E-state index is 0.270. The number of nitrogens with one attached hydrogen (secondary N) is 1. The number of hydrogen-bond acceptors (Lipinski definition) is 4. The Morgan fingerprint density at radius 2 is 2.21 bits per heavy atom. The van der Waals surface area contributed by atoms with Gasteiger partial charge in [-0.25, -0.2) is 0 Å². The number of ether oxygens (including phenoxy) is 2. The summed E-state index contributed by atoms with van der Waals surface area (Å²) in [6.45, 7) is 13.5. The Bertz CT molecular complexity index is 230. The lowest BCUT2D eigenvalue weighted by Gasteiger charge is -2.42. The molecule has 0 aromatic carbocycles. The van der Waals surface area contributed by atoms with Gasteiger partial charge < -0.3 is 14.8 Å². The normalized spacial score (nSPS) is 25.7. The molecule has 1 saturated heterocycles. The molecule has 0 amide bonds. The summed E-state index contributed by atoms with van der Waals surface area (Å²) in [6, 6.07) is 0.468. The zero-order valence-corrected chi connectivity index (χ0v) is 13.2. The lowest BCUT2D eigenvalue weighted by Crippen LogP contribution is -2.51. The van der Waals surface area contributed by atoms with Crippen molar-refractivity contribution in [3.8, 4) is 0 Å². The van der Waals surface area contributed by atoms with E-state index in [2.05, 4.69) is 31.0 Å². The third-order valence-electron chi connectivity index (χ3n) is 4.13. The molecule has 1 rings (SSSR count). The molecule has 0 bridgehead atoms. The zero-order chi connectivity index (χ0) is 14.1. The average Bonchev–Trinajstić information content (AvgIpc) is 2.44. The molecule has 0 aromatic heterocycles. The lowest BCUT2D eigenvalue weighted by atomic mass is 9.81. The van der Waals surface area contributed by atoms with E-state index in [0.29, 0.717) is 6.04 Å². The number of hydrogen-bond donors (Lipinski definition) is 1. The van der Waals surface area contributed by atoms with Crippen molar-refractivity contribution in [1.82, 2.24) is 10.2 Å². The highest BCUT2D eigenvalue weighted by atomic mass is 16.5. The van der Waals surface area contributed by atoms with Crippen LogP contribution in [0.25, 0.3) is 0 Å². The summed E-state index contributed by atoms with van der Waals surface area (Å²) in [6.07, 6.45) is 2.44. The van der Waals surface area contributed by atoms with Gasteiger partial charge in [-0.15, -0.1) is 0 Å². The van der Waals surface area contributed by atoms with Crippen LogP contribution in [0.5, 0.6) is 0 Å². The first kappa shape index (κ1) is 16.9. The Morgan fingerprint density at radius 3 is 2.74 bits per heavy atom. The summed E-state index contributed by atoms with van der Waals surface area (Å²) in [5.41, 5.74) is 0.270. The minimum atomic E-state index is 0.270. The number of likely N-dealkylation sites (N-methyl/N-ethyl adjacent to an activating group) is 1. The Balaban J connectivity index is 2.62. The molecule has 0 radical (unpaired) electrons. The Kier molecular flexibility index (Phi) is 7.91. The fraction of sp³-hybridized carbons (Fsp3) is 1.00. The van der Waals surface area contributed by atoms with E-state index < -0.39 is 0 Å². The van der Waals surface area contributed by atoms with Crippen molar-refractivity contribution in [3.05, 3.63) is 0 Å². The summed E-state index contributed by atoms with van der Waals surface area (Å²) < 4.78 is 11.1. The molecule has 1 fully saturated rings. The maximum atomic E-state index is 5.77. The van der Waals surface area contributed by atoms with Gasteiger partial charge in [0.05, 0.1) is 13.2 Å². The Hall–Kier alpha value is -0.160. The van der Waals surface area contributed by atoms with Crippen molar-refractivity contribution in [2.24, 2.45) is 5.41 Å². The van der Waals surface area contributed by atoms with Crippen LogP contribution >= 0.6 is 0 Å². The van der Waals surface area contributed by atoms with Crippen LogP contribution in [0.2, 0.25) is 0 Å². The van der Waals surface area contributed by atoms with E-state index in [9.17, 15) is 0 Å². The van der Waals surface area contributed by atoms with Crippen molar-refractivity contribution >= 4 is 0 Å². The van der Waals surface area contributed by atoms with Crippen LogP contribution in [0.15, 0.2) is 0 Å². The van der Waals surface area contributed by atoms with E-state index >= 15 is 0 Å². The highest BCUT2D eigenvalue weighted by Gasteiger charge is 2.35. The smallest absolute Gasteiger partial charge is 0.0615 e. The maximum Gasteiger partial charge on any atom is 0.0615 e. The minimum Gasteiger partial charge on any atom is -0.383 e. The molecule has 1 heterocycles. The fourth-order valence-corrected chi connectivity index (χ4v) is 2.98. The van der Waals surface area contributed by atoms with Crippen molar-refractivity contribution in [3.63, 3.8) is 0 Å². The Morgan fingerprint density at radius 1 is 1.42 bits per heavy atom. The largest absolute Gasteiger partial charge is 0.383 e. The van der Waals surface area contributed by atoms with Gasteiger partial charge in [-0.1, -0.05) is 13.8 Å². The van der Waals surface area contributed by atoms with Gasteiger partial charge in [-0.3, -0.25) is 4.90 Å². The molecule has 1 aliphatic heterocycles. The first-order valence-electron chi connectivity index (χ1n) is 7.69. The topological polar surface area (TPSA) is 33.7 Å². The van der Waals surface area contributed by atoms with E-state index in [0.717, 1.165) is 46.0 Å². The molecule has 1 N–H and O–H groups in total. The lowest BCUT2D eigenvalue weighted by molar-refractivity contribution is -0.0359. The SMILES string of the molecule is CCNCC1(CN(CC)C(C)COC)CCCOC1. The van der Waals surface area contributed by atoms with Crippen molar-refractivity contribution < 1.29 is 9.47 Å². The van der Waals surface area contributed by atoms with E-state index in [1.165, 1.54) is 12.8 Å². The highest BCUT2D eigenvalue weighted by molar-refractivity contribution is 4.88. The second-order valence-corrected chi connectivity index (χ2v) is 5.80. The fourth-order valence-electron chi connectivity index (χ4n) is 2.98. The van der Waals surface area contributed by atoms with Crippen LogP contribution in [-0.2, 0) is 9.47 Å². The summed E-state index contributed by atoms with van der Waals surface area (Å²) >= 11 is 0. The van der Waals surface area contributed by atoms with Crippen molar-refractivity contribution in [2.75, 3.05) is 53.1 Å². The summed E-state index contributed by atoms with van der Waals surface area (Å²) in [5, 5.41) is 3.52. The van der Waals surface area contributed by atoms with Gasteiger partial charge in [-0.05, 0) is 32.9 Å². The quantitative estimate of drug-likeness (QED) is 0.693. The van der Waals surface area contributed by atoms with Crippen LogP contribution in [-0.4, -0.2) is 64.1 Å². The van der Waals surface area contributed by atoms with Gasteiger partial charge in [0.25, 0.3) is 0 Å². The molecule has 4 heteroatoms. The standard InChI is InChI=1S/C15H32N2O2/c1-5-16-11-15(8-7-9-19-13-15)12-17(6-2)14(3)10-18-4/h14,16H,5-13H2,1-4H3. The second kappa shape index (κ2) is 8.90. The van der Waals surface area contributed by atoms with Crippen LogP contribution in [0.3, 0.4) is 0 Å². The average molecular weight is 272 g/mol. The molecular formula is C15H32N2O2. The highest BCUT2D eigenvalue weighted by Crippen LogP contribution is 2.29. The molecule has 0 spiro atoms. The molecule has 0 saturated carbocycles. The predicted octanol–water partition coefficient (Wildman–Crippen LogP) is 1.75. The molecule has 2 unspecified atom stereocenters. The molecule has 1 aliphatic rings. The van der Waals surface area contributed by atoms with Crippen molar-refractivity contribution in [2.45, 2.75) is 39.7 Å². The van der Waals surface area contributed by atoms with Crippen LogP contribution < -0.4 is 5.32 Å². The second-order valence-electron chi connectivity index (χ2n) is 5.80. The molecule has 19 heavy (non-hydrogen) atoms. The number of methoxy groups -OCH3 is 1. The summed E-state index contributed by atoms with van der Waals surface area (Å²) in [7, 11) is 1.78. The third kappa shape index (κ3) is 5.38. The summed E-state index contributed by atoms with van der Waals surface area (Å²) in [5.74, 6) is 0. The maximum absolute atomic E-state index is 5.77. The zero-order valence-electron chi connectivity index (χ0n) is 13.2. The van der Waals surface area contributed by atoms with Crippen molar-refractivity contribution in [1.29, 1.82) is 0 Å². The molecule has 0 aromatic rings. The van der Waals surface area contributed by atoms with E-state index in [1.807, 2.05) is 0 Å². The van der Waals surface area contributed by atoms with Gasteiger partial charge >= 0.3 is 0 Å². The first-order chi connectivity index (χ1) is 9.17. The molecule has 114 valence electrons. The predicted molar refractivity (Wildman–Crippen MR) is 79.6 cm³/mol. The van der Waals surface area contributed by atoms with E-state index in [-0.39, 0.29) is 5.41 Å². The van der Waals surface area contributed by atoms with Crippen LogP contribution in [0.1, 0.15) is 33.6 Å². The van der Waals surface area contributed by atoms with Gasteiger partial charge in [0.1, 0.15) is 0 Å². The van der Waals surface area contributed by atoms with Gasteiger partial charge in [0.15, 0.2) is 0 Å². The molecule has 0 aliphatic carbocycles. The number of nitrogens with zero attached hydrogens (tertiary/aromatic N) is 1. The van der Waals surface area contributed by atoms with Crippen LogP contribution in [0.4, 0.5) is 0 Å². The first-order valence-corrected chi connectivity index (χ1v) is 7.69. The third-order valence-corrected chi connectivity index (χ3v) is 4.13. The van der Waals surface area contributed by atoms with Gasteiger partial charge in [-0.2, -0.15) is 0 Å². The van der Waals surface area contributed by atoms with Gasteiger partial charge in [0, 0.05) is 38.3 Å². The van der Waals surface area contributed by atoms with E-state index in [1.54, 1.807) is 7.11 Å². The molecular weight excluding hydrogens is 240 g/mol. The van der Waals surface area contributed by atoms with Crippen LogP contribution in [0, 0.1) is 5.41 Å².